The number of aromatic nitrogens is 3. The fourth-order valence-corrected chi connectivity index (χ4v) is 6.15. The molecule has 0 bridgehead atoms. The summed E-state index contributed by atoms with van der Waals surface area (Å²) in [6, 6.07) is 11.2. The molecule has 7 heteroatoms. The Hall–Kier alpha value is -3.09. The number of rotatable bonds is 3. The first-order valence-electron chi connectivity index (χ1n) is 12.9. The van der Waals surface area contributed by atoms with E-state index in [9.17, 15) is 4.79 Å². The van der Waals surface area contributed by atoms with E-state index in [4.69, 9.17) is 16.7 Å². The van der Waals surface area contributed by atoms with Crippen LogP contribution in [0.5, 0.6) is 0 Å². The summed E-state index contributed by atoms with van der Waals surface area (Å²) >= 11 is 6.95. The van der Waals surface area contributed by atoms with Crippen LogP contribution in [0.15, 0.2) is 47.5 Å². The molecule has 6 rings (SSSR count). The molecule has 0 amide bonds. The van der Waals surface area contributed by atoms with Crippen molar-refractivity contribution in [2.24, 2.45) is 7.05 Å². The standard InChI is InChI=1S/C29H32ClN5O/c1-18-11-27-24(13-19(2)29(36)33(27)3)28(12-18)34-10-4-5-20-14-23(25(30)15-26(20)34)21-16-32-35(17-21)22-6-8-31-9-7-22/h11-17,22,31H,4-10H2,1-3H3. The number of pyridine rings is 1. The van der Waals surface area contributed by atoms with Gasteiger partial charge in [-0.25, -0.2) is 0 Å². The molecular formula is C29H32ClN5O. The van der Waals surface area contributed by atoms with Gasteiger partial charge in [-0.05, 0) is 94.1 Å². The fraction of sp³-hybridized carbons (Fsp3) is 0.379. The van der Waals surface area contributed by atoms with Crippen LogP contribution in [-0.2, 0) is 13.5 Å². The first-order chi connectivity index (χ1) is 17.4. The van der Waals surface area contributed by atoms with Crippen molar-refractivity contribution >= 4 is 33.9 Å². The molecule has 1 N–H and O–H groups in total. The van der Waals surface area contributed by atoms with Gasteiger partial charge in [-0.15, -0.1) is 0 Å². The Labute approximate surface area is 216 Å². The molecule has 6 nitrogen and oxygen atoms in total. The van der Waals surface area contributed by atoms with Gasteiger partial charge in [0.1, 0.15) is 0 Å². The van der Waals surface area contributed by atoms with Crippen LogP contribution in [-0.4, -0.2) is 34.0 Å². The lowest BCUT2D eigenvalue weighted by molar-refractivity contribution is 0.343. The van der Waals surface area contributed by atoms with Crippen molar-refractivity contribution in [3.05, 3.63) is 74.8 Å². The first-order valence-corrected chi connectivity index (χ1v) is 13.2. The van der Waals surface area contributed by atoms with E-state index in [2.05, 4.69) is 52.3 Å². The Kier molecular flexibility index (Phi) is 5.89. The minimum atomic E-state index is 0.0517. The van der Waals surface area contributed by atoms with Crippen LogP contribution < -0.4 is 15.8 Å². The van der Waals surface area contributed by atoms with Gasteiger partial charge >= 0.3 is 0 Å². The highest BCUT2D eigenvalue weighted by Crippen LogP contribution is 2.42. The summed E-state index contributed by atoms with van der Waals surface area (Å²) < 4.78 is 3.88. The average Bonchev–Trinajstić information content (AvgIpc) is 3.38. The van der Waals surface area contributed by atoms with E-state index in [0.717, 1.165) is 94.9 Å². The number of piperidine rings is 1. The molecule has 36 heavy (non-hydrogen) atoms. The molecule has 2 aliphatic rings. The molecule has 0 radical (unpaired) electrons. The highest BCUT2D eigenvalue weighted by Gasteiger charge is 2.24. The summed E-state index contributed by atoms with van der Waals surface area (Å²) in [5.41, 5.74) is 8.60. The van der Waals surface area contributed by atoms with Gasteiger partial charge < -0.3 is 14.8 Å². The SMILES string of the molecule is Cc1cc(N2CCCc3cc(-c4cnn(C5CCNCC5)c4)c(Cl)cc32)c2cc(C)c(=O)n(C)c2c1. The Bertz CT molecular complexity index is 1530. The summed E-state index contributed by atoms with van der Waals surface area (Å²) in [7, 11) is 1.86. The number of anilines is 2. The number of nitrogens with zero attached hydrogens (tertiary/aromatic N) is 4. The Morgan fingerprint density at radius 2 is 1.86 bits per heavy atom. The zero-order valence-corrected chi connectivity index (χ0v) is 21.9. The van der Waals surface area contributed by atoms with Crippen LogP contribution in [0.25, 0.3) is 22.0 Å². The third-order valence-corrected chi connectivity index (χ3v) is 8.13. The molecule has 0 spiro atoms. The molecule has 1 fully saturated rings. The normalized spacial score (nSPS) is 16.5. The van der Waals surface area contributed by atoms with Crippen molar-refractivity contribution < 1.29 is 0 Å². The molecule has 0 saturated carbocycles. The maximum atomic E-state index is 12.6. The molecule has 4 aromatic rings. The monoisotopic (exact) mass is 501 g/mol. The zero-order chi connectivity index (χ0) is 25.0. The summed E-state index contributed by atoms with van der Waals surface area (Å²) in [4.78, 5) is 15.0. The van der Waals surface area contributed by atoms with Gasteiger partial charge in [0, 0.05) is 47.6 Å². The largest absolute Gasteiger partial charge is 0.341 e. The van der Waals surface area contributed by atoms with Crippen LogP contribution >= 0.6 is 11.6 Å². The molecule has 1 saturated heterocycles. The van der Waals surface area contributed by atoms with E-state index in [1.807, 2.05) is 26.2 Å². The van der Waals surface area contributed by atoms with Crippen LogP contribution in [0.3, 0.4) is 0 Å². The number of fused-ring (bicyclic) bond motifs is 2. The van der Waals surface area contributed by atoms with Gasteiger partial charge in [0.05, 0.1) is 28.5 Å². The lowest BCUT2D eigenvalue weighted by Gasteiger charge is -2.33. The fourth-order valence-electron chi connectivity index (χ4n) is 5.89. The van der Waals surface area contributed by atoms with E-state index in [1.165, 1.54) is 5.56 Å². The third-order valence-electron chi connectivity index (χ3n) is 7.82. The van der Waals surface area contributed by atoms with E-state index in [1.54, 1.807) is 4.57 Å². The lowest BCUT2D eigenvalue weighted by atomic mass is 9.95. The van der Waals surface area contributed by atoms with Crippen molar-refractivity contribution in [3.8, 4) is 11.1 Å². The van der Waals surface area contributed by atoms with Crippen molar-refractivity contribution in [2.75, 3.05) is 24.5 Å². The minimum Gasteiger partial charge on any atom is -0.341 e. The Morgan fingerprint density at radius 1 is 1.06 bits per heavy atom. The molecule has 2 aliphatic heterocycles. The van der Waals surface area contributed by atoms with Gasteiger partial charge in [-0.3, -0.25) is 9.48 Å². The topological polar surface area (TPSA) is 55.1 Å². The van der Waals surface area contributed by atoms with Gasteiger partial charge in [0.2, 0.25) is 0 Å². The van der Waals surface area contributed by atoms with Crippen LogP contribution in [0, 0.1) is 13.8 Å². The predicted octanol–water partition coefficient (Wildman–Crippen LogP) is 5.68. The molecule has 186 valence electrons. The number of benzene rings is 2. The second-order valence-corrected chi connectivity index (χ2v) is 10.7. The van der Waals surface area contributed by atoms with Crippen molar-refractivity contribution in [3.63, 3.8) is 0 Å². The maximum Gasteiger partial charge on any atom is 0.253 e. The number of nitrogens with one attached hydrogen (secondary N) is 1. The maximum absolute atomic E-state index is 12.6. The zero-order valence-electron chi connectivity index (χ0n) is 21.1. The van der Waals surface area contributed by atoms with E-state index in [-0.39, 0.29) is 5.56 Å². The van der Waals surface area contributed by atoms with E-state index < -0.39 is 0 Å². The van der Waals surface area contributed by atoms with Crippen LogP contribution in [0.2, 0.25) is 5.02 Å². The Balaban J connectivity index is 1.43. The van der Waals surface area contributed by atoms with Gasteiger partial charge in [-0.2, -0.15) is 5.10 Å². The van der Waals surface area contributed by atoms with E-state index in [0.29, 0.717) is 6.04 Å². The second kappa shape index (κ2) is 9.09. The van der Waals surface area contributed by atoms with E-state index >= 15 is 0 Å². The minimum absolute atomic E-state index is 0.0517. The third kappa shape index (κ3) is 3.93. The van der Waals surface area contributed by atoms with Gasteiger partial charge in [-0.1, -0.05) is 11.6 Å². The van der Waals surface area contributed by atoms with Crippen LogP contribution in [0.1, 0.15) is 42.0 Å². The Morgan fingerprint density at radius 3 is 2.67 bits per heavy atom. The number of hydrogen-bond donors (Lipinski definition) is 1. The molecule has 2 aromatic heterocycles. The summed E-state index contributed by atoms with van der Waals surface area (Å²) in [5.74, 6) is 0. The molecule has 0 aliphatic carbocycles. The van der Waals surface area contributed by atoms with Crippen molar-refractivity contribution in [1.82, 2.24) is 19.7 Å². The predicted molar refractivity (Wildman–Crippen MR) is 148 cm³/mol. The van der Waals surface area contributed by atoms with Crippen molar-refractivity contribution in [1.29, 1.82) is 0 Å². The lowest BCUT2D eigenvalue weighted by Crippen LogP contribution is -2.29. The quantitative estimate of drug-likeness (QED) is 0.392. The molecule has 0 atom stereocenters. The number of halogens is 1. The molecule has 2 aromatic carbocycles. The summed E-state index contributed by atoms with van der Waals surface area (Å²) in [6.45, 7) is 6.97. The summed E-state index contributed by atoms with van der Waals surface area (Å²) in [6.07, 6.45) is 8.38. The number of aryl methyl sites for hydroxylation is 4. The smallest absolute Gasteiger partial charge is 0.253 e. The highest BCUT2D eigenvalue weighted by molar-refractivity contribution is 6.33. The second-order valence-electron chi connectivity index (χ2n) is 10.3. The highest BCUT2D eigenvalue weighted by atomic mass is 35.5. The van der Waals surface area contributed by atoms with Crippen molar-refractivity contribution in [2.45, 2.75) is 45.6 Å². The molecule has 4 heterocycles. The van der Waals surface area contributed by atoms with Gasteiger partial charge in [0.25, 0.3) is 5.56 Å². The van der Waals surface area contributed by atoms with Crippen LogP contribution in [0.4, 0.5) is 11.4 Å². The summed E-state index contributed by atoms with van der Waals surface area (Å²) in [5, 5.41) is 9.95. The molecule has 0 unspecified atom stereocenters. The molecular weight excluding hydrogens is 470 g/mol. The van der Waals surface area contributed by atoms with Gasteiger partial charge in [0.15, 0.2) is 0 Å². The first kappa shape index (κ1) is 23.3. The average molecular weight is 502 g/mol. The number of hydrogen-bond acceptors (Lipinski definition) is 4.